The van der Waals surface area contributed by atoms with E-state index in [1.807, 2.05) is 6.92 Å². The quantitative estimate of drug-likeness (QED) is 0.349. The number of unbranched alkanes of at least 4 members (excludes halogenated alkanes) is 1. The van der Waals surface area contributed by atoms with E-state index in [0.717, 1.165) is 12.8 Å². The van der Waals surface area contributed by atoms with Gasteiger partial charge < -0.3 is 25.4 Å². The molecule has 1 aromatic carbocycles. The Hall–Kier alpha value is -2.42. The van der Waals surface area contributed by atoms with E-state index in [-0.39, 0.29) is 17.4 Å². The van der Waals surface area contributed by atoms with E-state index >= 15 is 0 Å². The van der Waals surface area contributed by atoms with E-state index in [1.165, 1.54) is 24.1 Å². The van der Waals surface area contributed by atoms with E-state index in [0.29, 0.717) is 12.1 Å². The van der Waals surface area contributed by atoms with Crippen LogP contribution >= 0.6 is 12.6 Å². The summed E-state index contributed by atoms with van der Waals surface area (Å²) in [4.78, 5) is 39.3. The normalized spacial score (nSPS) is 13.1. The van der Waals surface area contributed by atoms with Gasteiger partial charge >= 0.3 is 6.09 Å². The summed E-state index contributed by atoms with van der Waals surface area (Å²) in [6.07, 6.45) is 0.966. The van der Waals surface area contributed by atoms with Gasteiger partial charge in [0.1, 0.15) is 23.4 Å². The Bertz CT molecular complexity index is 736. The zero-order valence-corrected chi connectivity index (χ0v) is 19.2. The van der Waals surface area contributed by atoms with Crippen LogP contribution in [0.25, 0.3) is 0 Å². The second-order valence-electron chi connectivity index (χ2n) is 7.97. The van der Waals surface area contributed by atoms with Crippen LogP contribution in [0.5, 0.6) is 5.75 Å². The number of aromatic hydroxyl groups is 1. The number of rotatable bonds is 9. The lowest BCUT2D eigenvalue weighted by atomic mass is 10.0. The van der Waals surface area contributed by atoms with Crippen LogP contribution in [-0.4, -0.2) is 58.9 Å². The van der Waals surface area contributed by atoms with Crippen molar-refractivity contribution in [3.8, 4) is 5.75 Å². The number of nitrogens with one attached hydrogen (secondary N) is 2. The minimum absolute atomic E-state index is 0.0164. The molecule has 0 aliphatic heterocycles. The Balaban J connectivity index is 3.08. The van der Waals surface area contributed by atoms with Crippen molar-refractivity contribution in [3.63, 3.8) is 0 Å². The maximum absolute atomic E-state index is 13.1. The molecule has 1 rings (SSSR count). The molecule has 0 spiro atoms. The fourth-order valence-electron chi connectivity index (χ4n) is 2.74. The third-order valence-electron chi connectivity index (χ3n) is 4.17. The molecule has 3 amide bonds. The highest BCUT2D eigenvalue weighted by Gasteiger charge is 2.33. The molecule has 0 aliphatic carbocycles. The first-order chi connectivity index (χ1) is 14.0. The van der Waals surface area contributed by atoms with Gasteiger partial charge in [-0.05, 0) is 44.9 Å². The molecule has 2 atom stereocenters. The van der Waals surface area contributed by atoms with Gasteiger partial charge in [0.2, 0.25) is 11.8 Å². The van der Waals surface area contributed by atoms with Crippen molar-refractivity contribution < 1.29 is 24.2 Å². The summed E-state index contributed by atoms with van der Waals surface area (Å²) in [6, 6.07) is 4.21. The number of nitrogens with zero attached hydrogens (tertiary/aromatic N) is 1. The maximum atomic E-state index is 13.1. The largest absolute Gasteiger partial charge is 0.508 e. The summed E-state index contributed by atoms with van der Waals surface area (Å²) in [5, 5.41) is 15.2. The Morgan fingerprint density at radius 1 is 1.27 bits per heavy atom. The van der Waals surface area contributed by atoms with Crippen molar-refractivity contribution in [2.24, 2.45) is 0 Å². The standard InChI is InChI=1S/C21H33N3O5S/c1-6-7-11-22-18(26)17(14-9-8-10-15(25)12-14)24(5)19(27)16(13-30)23-20(28)29-21(2,3)4/h8-10,12,16-17,25,30H,6-7,11,13H2,1-5H3,(H,22,26)(H,23,28). The van der Waals surface area contributed by atoms with Crippen LogP contribution in [0.4, 0.5) is 4.79 Å². The average Bonchev–Trinajstić information content (AvgIpc) is 2.64. The predicted octanol–water partition coefficient (Wildman–Crippen LogP) is 2.63. The van der Waals surface area contributed by atoms with Gasteiger partial charge in [0.05, 0.1) is 0 Å². The Labute approximate surface area is 183 Å². The molecule has 0 heterocycles. The third-order valence-corrected chi connectivity index (χ3v) is 4.54. The highest BCUT2D eigenvalue weighted by molar-refractivity contribution is 7.80. The number of thiol groups is 1. The van der Waals surface area contributed by atoms with Crippen molar-refractivity contribution in [2.45, 2.75) is 58.2 Å². The van der Waals surface area contributed by atoms with Gasteiger partial charge in [-0.25, -0.2) is 4.79 Å². The second-order valence-corrected chi connectivity index (χ2v) is 8.34. The van der Waals surface area contributed by atoms with Crippen molar-refractivity contribution in [1.82, 2.24) is 15.5 Å². The molecule has 2 unspecified atom stereocenters. The van der Waals surface area contributed by atoms with Gasteiger partial charge in [0.15, 0.2) is 0 Å². The first-order valence-corrected chi connectivity index (χ1v) is 10.6. The zero-order chi connectivity index (χ0) is 22.9. The molecule has 0 fully saturated rings. The molecule has 168 valence electrons. The molecule has 0 saturated heterocycles. The van der Waals surface area contributed by atoms with E-state index < -0.39 is 29.7 Å². The molecule has 0 bridgehead atoms. The fraction of sp³-hybridized carbons (Fsp3) is 0.571. The summed E-state index contributed by atoms with van der Waals surface area (Å²) in [6.45, 7) is 7.63. The van der Waals surface area contributed by atoms with Crippen LogP contribution in [0, 0.1) is 0 Å². The molecule has 30 heavy (non-hydrogen) atoms. The molecule has 0 aliphatic rings. The molecule has 0 radical (unpaired) electrons. The molecular weight excluding hydrogens is 406 g/mol. The number of phenols is 1. The number of likely N-dealkylation sites (N-methyl/N-ethyl adjacent to an activating group) is 1. The lowest BCUT2D eigenvalue weighted by molar-refractivity contribution is -0.140. The van der Waals surface area contributed by atoms with Crippen molar-refractivity contribution >= 4 is 30.5 Å². The van der Waals surface area contributed by atoms with Gasteiger partial charge in [-0.15, -0.1) is 0 Å². The molecule has 9 heteroatoms. The maximum Gasteiger partial charge on any atom is 0.408 e. The fourth-order valence-corrected chi connectivity index (χ4v) is 2.99. The zero-order valence-electron chi connectivity index (χ0n) is 18.3. The number of phenolic OH excluding ortho intramolecular Hbond substituents is 1. The topological polar surface area (TPSA) is 108 Å². The first-order valence-electron chi connectivity index (χ1n) is 9.93. The lowest BCUT2D eigenvalue weighted by Gasteiger charge is -2.31. The molecule has 1 aromatic rings. The van der Waals surface area contributed by atoms with Gasteiger partial charge in [0.25, 0.3) is 0 Å². The Kier molecular flexibility index (Phi) is 9.98. The molecular formula is C21H33N3O5S. The minimum Gasteiger partial charge on any atom is -0.508 e. The number of hydrogen-bond donors (Lipinski definition) is 4. The Morgan fingerprint density at radius 3 is 2.47 bits per heavy atom. The van der Waals surface area contributed by atoms with Crippen molar-refractivity contribution in [1.29, 1.82) is 0 Å². The number of carbonyl (C=O) groups is 3. The summed E-state index contributed by atoms with van der Waals surface area (Å²) in [7, 11) is 1.48. The highest BCUT2D eigenvalue weighted by Crippen LogP contribution is 2.24. The van der Waals surface area contributed by atoms with Crippen LogP contribution < -0.4 is 10.6 Å². The summed E-state index contributed by atoms with van der Waals surface area (Å²) in [5.41, 5.74) is -0.265. The van der Waals surface area contributed by atoms with Gasteiger partial charge in [-0.2, -0.15) is 12.6 Å². The number of amides is 3. The van der Waals surface area contributed by atoms with E-state index in [1.54, 1.807) is 32.9 Å². The number of hydrogen-bond acceptors (Lipinski definition) is 6. The van der Waals surface area contributed by atoms with Crippen molar-refractivity contribution in [3.05, 3.63) is 29.8 Å². The smallest absolute Gasteiger partial charge is 0.408 e. The average molecular weight is 440 g/mol. The van der Waals surface area contributed by atoms with E-state index in [4.69, 9.17) is 4.74 Å². The van der Waals surface area contributed by atoms with Crippen molar-refractivity contribution in [2.75, 3.05) is 19.3 Å². The third kappa shape index (κ3) is 8.14. The second kappa shape index (κ2) is 11.7. The van der Waals surface area contributed by atoms with E-state index in [2.05, 4.69) is 23.3 Å². The number of alkyl carbamates (subject to hydrolysis) is 1. The number of carbonyl (C=O) groups excluding carboxylic acids is 3. The van der Waals surface area contributed by atoms with Crippen LogP contribution in [0.3, 0.4) is 0 Å². The summed E-state index contributed by atoms with van der Waals surface area (Å²) < 4.78 is 5.21. The van der Waals surface area contributed by atoms with Gasteiger partial charge in [0, 0.05) is 19.3 Å². The van der Waals surface area contributed by atoms with E-state index in [9.17, 15) is 19.5 Å². The van der Waals surface area contributed by atoms with Gasteiger partial charge in [-0.1, -0.05) is 25.5 Å². The van der Waals surface area contributed by atoms with Crippen LogP contribution in [0.2, 0.25) is 0 Å². The summed E-state index contributed by atoms with van der Waals surface area (Å²) >= 11 is 4.17. The number of benzene rings is 1. The number of ether oxygens (including phenoxy) is 1. The van der Waals surface area contributed by atoms with Gasteiger partial charge in [-0.3, -0.25) is 9.59 Å². The highest BCUT2D eigenvalue weighted by atomic mass is 32.1. The van der Waals surface area contributed by atoms with Crippen LogP contribution in [-0.2, 0) is 14.3 Å². The predicted molar refractivity (Wildman–Crippen MR) is 119 cm³/mol. The summed E-state index contributed by atoms with van der Waals surface area (Å²) in [5.74, 6) is -0.876. The molecule has 0 aromatic heterocycles. The molecule has 3 N–H and O–H groups in total. The van der Waals surface area contributed by atoms with Crippen LogP contribution in [0.1, 0.15) is 52.1 Å². The first kappa shape index (κ1) is 25.6. The van der Waals surface area contributed by atoms with Crippen LogP contribution in [0.15, 0.2) is 24.3 Å². The minimum atomic E-state index is -0.989. The SMILES string of the molecule is CCCCNC(=O)C(c1cccc(O)c1)N(C)C(=O)C(CS)NC(=O)OC(C)(C)C. The monoisotopic (exact) mass is 439 g/mol. The lowest BCUT2D eigenvalue weighted by Crippen LogP contribution is -2.52. The molecule has 0 saturated carbocycles. The molecule has 8 nitrogen and oxygen atoms in total. The Morgan fingerprint density at radius 2 is 1.93 bits per heavy atom.